The van der Waals surface area contributed by atoms with Crippen LogP contribution in [0, 0.1) is 5.41 Å². The molecule has 1 saturated heterocycles. The molecule has 0 saturated carbocycles. The average molecular weight is 295 g/mol. The Hall–Kier alpha value is -1.14. The molecule has 5 nitrogen and oxygen atoms in total. The Morgan fingerprint density at radius 3 is 3.05 bits per heavy atom. The number of carbonyl (C=O) groups excluding carboxylic acids is 1. The summed E-state index contributed by atoms with van der Waals surface area (Å²) in [5.41, 5.74) is 1.14. The summed E-state index contributed by atoms with van der Waals surface area (Å²) in [6, 6.07) is 0. The Labute approximate surface area is 123 Å². The highest BCUT2D eigenvalue weighted by molar-refractivity contribution is 7.15. The maximum atomic E-state index is 11.4. The Morgan fingerprint density at radius 1 is 1.45 bits per heavy atom. The first kappa shape index (κ1) is 13.8. The predicted molar refractivity (Wildman–Crippen MR) is 79.0 cm³/mol. The Morgan fingerprint density at radius 2 is 2.25 bits per heavy atom. The van der Waals surface area contributed by atoms with E-state index in [0.717, 1.165) is 35.1 Å². The van der Waals surface area contributed by atoms with Crippen LogP contribution < -0.4 is 10.2 Å². The molecule has 2 aliphatic rings. The molecule has 1 unspecified atom stereocenters. The topological polar surface area (TPSA) is 65.5 Å². The molecule has 1 amide bonds. The van der Waals surface area contributed by atoms with Crippen molar-refractivity contribution in [2.45, 2.75) is 39.2 Å². The Bertz CT molecular complexity index is 526. The lowest BCUT2D eigenvalue weighted by molar-refractivity contribution is -0.120. The number of aromatic nitrogens is 1. The maximum Gasteiger partial charge on any atom is 0.221 e. The van der Waals surface area contributed by atoms with Gasteiger partial charge in [0.15, 0.2) is 5.13 Å². The van der Waals surface area contributed by atoms with Crippen molar-refractivity contribution in [3.63, 3.8) is 0 Å². The summed E-state index contributed by atoms with van der Waals surface area (Å²) in [5, 5.41) is 14.1. The van der Waals surface area contributed by atoms with E-state index in [9.17, 15) is 9.90 Å². The molecule has 20 heavy (non-hydrogen) atoms. The summed E-state index contributed by atoms with van der Waals surface area (Å²) >= 11 is 1.59. The third-order valence-corrected chi connectivity index (χ3v) is 5.25. The molecule has 0 bridgehead atoms. The largest absolute Gasteiger partial charge is 0.387 e. The number of rotatable bonds is 1. The second-order valence-corrected chi connectivity index (χ2v) is 7.46. The van der Waals surface area contributed by atoms with Gasteiger partial charge in [0.2, 0.25) is 5.91 Å². The van der Waals surface area contributed by atoms with Crippen LogP contribution >= 0.6 is 11.3 Å². The Balaban J connectivity index is 1.84. The van der Waals surface area contributed by atoms with E-state index in [1.54, 1.807) is 11.3 Å². The molecule has 0 aromatic carbocycles. The number of hydrogen-bond donors (Lipinski definition) is 2. The average Bonchev–Trinajstić information content (AvgIpc) is 2.63. The summed E-state index contributed by atoms with van der Waals surface area (Å²) in [4.78, 5) is 19.3. The molecule has 0 radical (unpaired) electrons. The van der Waals surface area contributed by atoms with Crippen molar-refractivity contribution in [2.24, 2.45) is 5.41 Å². The highest BCUT2D eigenvalue weighted by Crippen LogP contribution is 2.44. The smallest absolute Gasteiger partial charge is 0.221 e. The van der Waals surface area contributed by atoms with Crippen LogP contribution in [0.3, 0.4) is 0 Å². The van der Waals surface area contributed by atoms with Gasteiger partial charge in [0.25, 0.3) is 0 Å². The first-order valence-corrected chi connectivity index (χ1v) is 7.96. The quantitative estimate of drug-likeness (QED) is 0.823. The van der Waals surface area contributed by atoms with E-state index >= 15 is 0 Å². The van der Waals surface area contributed by atoms with E-state index in [2.05, 4.69) is 24.1 Å². The van der Waals surface area contributed by atoms with Crippen molar-refractivity contribution in [3.05, 3.63) is 10.6 Å². The normalized spacial score (nSPS) is 25.9. The molecule has 0 spiro atoms. The molecule has 110 valence electrons. The molecule has 1 aliphatic heterocycles. The molecule has 1 atom stereocenters. The molecule has 3 rings (SSSR count). The van der Waals surface area contributed by atoms with Gasteiger partial charge < -0.3 is 15.3 Å². The van der Waals surface area contributed by atoms with Gasteiger partial charge in [0, 0.05) is 26.1 Å². The van der Waals surface area contributed by atoms with Gasteiger partial charge in [-0.25, -0.2) is 4.98 Å². The number of fused-ring (bicyclic) bond motifs is 1. The van der Waals surface area contributed by atoms with Crippen molar-refractivity contribution >= 4 is 22.4 Å². The molecular weight excluding hydrogens is 274 g/mol. The zero-order valence-electron chi connectivity index (χ0n) is 12.0. The van der Waals surface area contributed by atoms with Gasteiger partial charge >= 0.3 is 0 Å². The van der Waals surface area contributed by atoms with Gasteiger partial charge in [-0.3, -0.25) is 4.79 Å². The van der Waals surface area contributed by atoms with E-state index in [1.165, 1.54) is 0 Å². The molecule has 1 aromatic rings. The zero-order chi connectivity index (χ0) is 14.3. The number of anilines is 1. The fraction of sp³-hybridized carbons (Fsp3) is 0.714. The van der Waals surface area contributed by atoms with Crippen molar-refractivity contribution in [1.82, 2.24) is 10.3 Å². The van der Waals surface area contributed by atoms with Gasteiger partial charge in [0.1, 0.15) is 0 Å². The van der Waals surface area contributed by atoms with Gasteiger partial charge in [-0.2, -0.15) is 0 Å². The van der Waals surface area contributed by atoms with E-state index in [0.29, 0.717) is 19.5 Å². The summed E-state index contributed by atoms with van der Waals surface area (Å²) in [6.45, 7) is 6.51. The molecule has 1 aromatic heterocycles. The lowest BCUT2D eigenvalue weighted by Crippen LogP contribution is -2.28. The number of thiazole rings is 1. The number of nitrogens with zero attached hydrogens (tertiary/aromatic N) is 2. The molecule has 1 aliphatic carbocycles. The maximum absolute atomic E-state index is 11.4. The lowest BCUT2D eigenvalue weighted by Gasteiger charge is -2.31. The number of aliphatic hydroxyl groups excluding tert-OH is 1. The fourth-order valence-electron chi connectivity index (χ4n) is 2.97. The first-order valence-electron chi connectivity index (χ1n) is 7.14. The lowest BCUT2D eigenvalue weighted by atomic mass is 9.77. The van der Waals surface area contributed by atoms with Gasteiger partial charge in [0.05, 0.1) is 16.7 Å². The van der Waals surface area contributed by atoms with Gasteiger partial charge in [-0.15, -0.1) is 0 Å². The summed E-state index contributed by atoms with van der Waals surface area (Å²) in [7, 11) is 0. The monoisotopic (exact) mass is 295 g/mol. The zero-order valence-corrected chi connectivity index (χ0v) is 12.8. The SMILES string of the molecule is CC1(C)Cc2nc(N3CCNC(=O)CC3)sc2C(O)C1. The van der Waals surface area contributed by atoms with Crippen LogP contribution in [0.15, 0.2) is 0 Å². The minimum Gasteiger partial charge on any atom is -0.387 e. The summed E-state index contributed by atoms with van der Waals surface area (Å²) in [5.74, 6) is 0.106. The van der Waals surface area contributed by atoms with Crippen LogP contribution in [-0.2, 0) is 11.2 Å². The fourth-order valence-corrected chi connectivity index (χ4v) is 4.09. The molecule has 6 heteroatoms. The van der Waals surface area contributed by atoms with Crippen molar-refractivity contribution < 1.29 is 9.90 Å². The van der Waals surface area contributed by atoms with E-state index in [1.807, 2.05) is 0 Å². The van der Waals surface area contributed by atoms with Gasteiger partial charge in [-0.1, -0.05) is 25.2 Å². The van der Waals surface area contributed by atoms with Crippen LogP contribution in [0.1, 0.15) is 43.4 Å². The second kappa shape index (κ2) is 5.00. The molecular formula is C14H21N3O2S. The third kappa shape index (κ3) is 2.67. The molecule has 2 N–H and O–H groups in total. The van der Waals surface area contributed by atoms with Crippen molar-refractivity contribution in [2.75, 3.05) is 24.5 Å². The third-order valence-electron chi connectivity index (χ3n) is 3.99. The van der Waals surface area contributed by atoms with Gasteiger partial charge in [-0.05, 0) is 18.3 Å². The van der Waals surface area contributed by atoms with Crippen molar-refractivity contribution in [1.29, 1.82) is 0 Å². The molecule has 1 fully saturated rings. The van der Waals surface area contributed by atoms with Crippen LogP contribution in [0.4, 0.5) is 5.13 Å². The van der Waals surface area contributed by atoms with Crippen LogP contribution in [0.25, 0.3) is 0 Å². The number of carbonyl (C=O) groups is 1. The standard InChI is InChI=1S/C14H21N3O2S/c1-14(2)7-9-12(10(18)8-14)20-13(16-9)17-5-3-11(19)15-4-6-17/h10,18H,3-8H2,1-2H3,(H,15,19). The van der Waals surface area contributed by atoms with E-state index in [4.69, 9.17) is 4.98 Å². The van der Waals surface area contributed by atoms with Crippen LogP contribution in [0.5, 0.6) is 0 Å². The Kier molecular flexibility index (Phi) is 3.46. The minimum absolute atomic E-state index is 0.105. The van der Waals surface area contributed by atoms with Crippen molar-refractivity contribution in [3.8, 4) is 0 Å². The number of amides is 1. The molecule has 2 heterocycles. The predicted octanol–water partition coefficient (Wildman–Crippen LogP) is 1.48. The van der Waals surface area contributed by atoms with Crippen LogP contribution in [-0.4, -0.2) is 35.6 Å². The summed E-state index contributed by atoms with van der Waals surface area (Å²) < 4.78 is 0. The first-order chi connectivity index (χ1) is 9.44. The highest BCUT2D eigenvalue weighted by Gasteiger charge is 2.34. The highest BCUT2D eigenvalue weighted by atomic mass is 32.1. The van der Waals surface area contributed by atoms with E-state index in [-0.39, 0.29) is 11.3 Å². The van der Waals surface area contributed by atoms with E-state index < -0.39 is 6.10 Å². The summed E-state index contributed by atoms with van der Waals surface area (Å²) in [6.07, 6.45) is 1.83. The number of aliphatic hydroxyl groups is 1. The minimum atomic E-state index is -0.397. The second-order valence-electron chi connectivity index (χ2n) is 6.46. The number of nitrogens with one attached hydrogen (secondary N) is 1. The number of hydrogen-bond acceptors (Lipinski definition) is 5. The van der Waals surface area contributed by atoms with Crippen LogP contribution in [0.2, 0.25) is 0 Å².